The summed E-state index contributed by atoms with van der Waals surface area (Å²) in [5.41, 5.74) is 1.42. The van der Waals surface area contributed by atoms with E-state index in [0.717, 1.165) is 11.4 Å². The third-order valence-corrected chi connectivity index (χ3v) is 2.60. The van der Waals surface area contributed by atoms with E-state index >= 15 is 0 Å². The lowest BCUT2D eigenvalue weighted by Gasteiger charge is -2.11. The molecule has 0 fully saturated rings. The molecule has 0 bridgehead atoms. The van der Waals surface area contributed by atoms with E-state index in [1.165, 1.54) is 6.26 Å². The number of furan rings is 1. The second-order valence-corrected chi connectivity index (χ2v) is 3.86. The molecule has 0 saturated heterocycles. The summed E-state index contributed by atoms with van der Waals surface area (Å²) in [6.45, 7) is 2.85. The predicted octanol–water partition coefficient (Wildman–Crippen LogP) is 2.99. The van der Waals surface area contributed by atoms with Crippen molar-refractivity contribution in [2.75, 3.05) is 11.9 Å². The molecule has 0 radical (unpaired) electrons. The van der Waals surface area contributed by atoms with Gasteiger partial charge in [-0.1, -0.05) is 12.1 Å². The Bertz CT molecular complexity index is 562. The molecule has 0 amide bonds. The van der Waals surface area contributed by atoms with E-state index in [1.54, 1.807) is 6.07 Å². The Kier molecular flexibility index (Phi) is 4.07. The van der Waals surface area contributed by atoms with Crippen LogP contribution < -0.4 is 10.1 Å². The van der Waals surface area contributed by atoms with Gasteiger partial charge in [0, 0.05) is 12.1 Å². The second-order valence-electron chi connectivity index (χ2n) is 3.86. The Hall–Kier alpha value is -2.43. The van der Waals surface area contributed by atoms with Crippen molar-refractivity contribution < 1.29 is 19.1 Å². The first-order valence-electron chi connectivity index (χ1n) is 5.97. The number of para-hydroxylation sites is 2. The minimum absolute atomic E-state index is 0.0404. The summed E-state index contributed by atoms with van der Waals surface area (Å²) in [5.74, 6) is -0.369. The van der Waals surface area contributed by atoms with Crippen LogP contribution in [0.2, 0.25) is 0 Å². The lowest BCUT2D eigenvalue weighted by Crippen LogP contribution is -2.06. The van der Waals surface area contributed by atoms with Gasteiger partial charge in [-0.2, -0.15) is 0 Å². The van der Waals surface area contributed by atoms with E-state index < -0.39 is 5.97 Å². The summed E-state index contributed by atoms with van der Waals surface area (Å²) in [7, 11) is 0. The van der Waals surface area contributed by atoms with Crippen molar-refractivity contribution in [3.8, 4) is 5.75 Å². The Labute approximate surface area is 110 Å². The Balaban J connectivity index is 2.10. The average Bonchev–Trinajstić information content (AvgIpc) is 2.86. The standard InChI is InChI=1S/C14H15NO4/c1-2-18-12-6-4-3-5-11(12)15-9-10-7-8-19-13(10)14(16)17/h3-8,15H,2,9H2,1H3,(H,16,17). The van der Waals surface area contributed by atoms with Crippen molar-refractivity contribution in [1.82, 2.24) is 0 Å². The highest BCUT2D eigenvalue weighted by Crippen LogP contribution is 2.24. The van der Waals surface area contributed by atoms with E-state index in [2.05, 4.69) is 5.32 Å². The number of hydrogen-bond donors (Lipinski definition) is 2. The summed E-state index contributed by atoms with van der Waals surface area (Å²) < 4.78 is 10.4. The minimum Gasteiger partial charge on any atom is -0.492 e. The van der Waals surface area contributed by atoms with Crippen LogP contribution in [0.3, 0.4) is 0 Å². The minimum atomic E-state index is -1.07. The SMILES string of the molecule is CCOc1ccccc1NCc1ccoc1C(=O)O. The summed E-state index contributed by atoms with van der Waals surface area (Å²) >= 11 is 0. The fourth-order valence-corrected chi connectivity index (χ4v) is 1.75. The van der Waals surface area contributed by atoms with Crippen LogP contribution >= 0.6 is 0 Å². The van der Waals surface area contributed by atoms with Crippen LogP contribution in [-0.4, -0.2) is 17.7 Å². The maximum Gasteiger partial charge on any atom is 0.372 e. The first-order valence-corrected chi connectivity index (χ1v) is 5.97. The van der Waals surface area contributed by atoms with Gasteiger partial charge in [-0.25, -0.2) is 4.79 Å². The molecule has 5 heteroatoms. The number of carbonyl (C=O) groups is 1. The fourth-order valence-electron chi connectivity index (χ4n) is 1.75. The van der Waals surface area contributed by atoms with Crippen molar-refractivity contribution in [3.63, 3.8) is 0 Å². The molecule has 0 aliphatic rings. The van der Waals surface area contributed by atoms with Gasteiger partial charge in [0.25, 0.3) is 0 Å². The van der Waals surface area contributed by atoms with Crippen LogP contribution in [0.25, 0.3) is 0 Å². The molecule has 0 unspecified atom stereocenters. The first-order chi connectivity index (χ1) is 9.22. The maximum absolute atomic E-state index is 10.9. The molecule has 1 aromatic carbocycles. The van der Waals surface area contributed by atoms with Crippen molar-refractivity contribution in [2.45, 2.75) is 13.5 Å². The molecule has 100 valence electrons. The smallest absolute Gasteiger partial charge is 0.372 e. The third kappa shape index (κ3) is 3.07. The summed E-state index contributed by atoms with van der Waals surface area (Å²) in [4.78, 5) is 10.9. The zero-order chi connectivity index (χ0) is 13.7. The number of aromatic carboxylic acids is 1. The average molecular weight is 261 g/mol. The van der Waals surface area contributed by atoms with Gasteiger partial charge in [-0.15, -0.1) is 0 Å². The quantitative estimate of drug-likeness (QED) is 0.836. The van der Waals surface area contributed by atoms with Gasteiger partial charge in [-0.05, 0) is 25.1 Å². The molecule has 5 nitrogen and oxygen atoms in total. The van der Waals surface area contributed by atoms with E-state index in [-0.39, 0.29) is 5.76 Å². The van der Waals surface area contributed by atoms with Crippen molar-refractivity contribution in [2.24, 2.45) is 0 Å². The Morgan fingerprint density at radius 3 is 2.89 bits per heavy atom. The number of rotatable bonds is 6. The molecule has 0 aliphatic carbocycles. The lowest BCUT2D eigenvalue weighted by atomic mass is 10.2. The van der Waals surface area contributed by atoms with E-state index in [0.29, 0.717) is 18.7 Å². The highest BCUT2D eigenvalue weighted by Gasteiger charge is 2.13. The molecule has 0 saturated carbocycles. The normalized spacial score (nSPS) is 10.2. The number of carboxylic acid groups (broad SMARTS) is 1. The fraction of sp³-hybridized carbons (Fsp3) is 0.214. The maximum atomic E-state index is 10.9. The molecule has 1 aromatic heterocycles. The molecule has 2 rings (SSSR count). The molecule has 0 aliphatic heterocycles. The first kappa shape index (κ1) is 13.0. The molecule has 0 spiro atoms. The van der Waals surface area contributed by atoms with Crippen LogP contribution in [-0.2, 0) is 6.54 Å². The second kappa shape index (κ2) is 5.95. The van der Waals surface area contributed by atoms with E-state index in [9.17, 15) is 4.79 Å². The van der Waals surface area contributed by atoms with Gasteiger partial charge in [0.2, 0.25) is 5.76 Å². The lowest BCUT2D eigenvalue weighted by molar-refractivity contribution is 0.0661. The molecular weight excluding hydrogens is 246 g/mol. The highest BCUT2D eigenvalue weighted by atomic mass is 16.5. The topological polar surface area (TPSA) is 71.7 Å². The predicted molar refractivity (Wildman–Crippen MR) is 70.6 cm³/mol. The van der Waals surface area contributed by atoms with Crippen LogP contribution in [0, 0.1) is 0 Å². The summed E-state index contributed by atoms with van der Waals surface area (Å²) in [6.07, 6.45) is 1.37. The van der Waals surface area contributed by atoms with Crippen LogP contribution in [0.15, 0.2) is 41.0 Å². The summed E-state index contributed by atoms with van der Waals surface area (Å²) in [5, 5.41) is 12.1. The molecular formula is C14H15NO4. The van der Waals surface area contributed by atoms with E-state index in [1.807, 2.05) is 31.2 Å². The molecule has 2 N–H and O–H groups in total. The molecule has 0 atom stereocenters. The molecule has 1 heterocycles. The summed E-state index contributed by atoms with van der Waals surface area (Å²) in [6, 6.07) is 9.15. The molecule has 2 aromatic rings. The number of nitrogens with one attached hydrogen (secondary N) is 1. The Morgan fingerprint density at radius 2 is 2.16 bits per heavy atom. The van der Waals surface area contributed by atoms with E-state index in [4.69, 9.17) is 14.3 Å². The Morgan fingerprint density at radius 1 is 1.37 bits per heavy atom. The van der Waals surface area contributed by atoms with Crippen molar-refractivity contribution in [1.29, 1.82) is 0 Å². The molecule has 19 heavy (non-hydrogen) atoms. The zero-order valence-electron chi connectivity index (χ0n) is 10.6. The van der Waals surface area contributed by atoms with Crippen LogP contribution in [0.4, 0.5) is 5.69 Å². The van der Waals surface area contributed by atoms with Gasteiger partial charge in [0.1, 0.15) is 5.75 Å². The van der Waals surface area contributed by atoms with Gasteiger partial charge in [0.05, 0.1) is 18.6 Å². The van der Waals surface area contributed by atoms with Gasteiger partial charge < -0.3 is 19.6 Å². The van der Waals surface area contributed by atoms with Gasteiger partial charge >= 0.3 is 5.97 Å². The van der Waals surface area contributed by atoms with Gasteiger partial charge in [-0.3, -0.25) is 0 Å². The highest BCUT2D eigenvalue weighted by molar-refractivity contribution is 5.86. The number of benzene rings is 1. The number of ether oxygens (including phenoxy) is 1. The number of anilines is 1. The zero-order valence-corrected chi connectivity index (χ0v) is 10.6. The monoisotopic (exact) mass is 261 g/mol. The van der Waals surface area contributed by atoms with Gasteiger partial charge in [0.15, 0.2) is 0 Å². The third-order valence-electron chi connectivity index (χ3n) is 2.60. The largest absolute Gasteiger partial charge is 0.492 e. The van der Waals surface area contributed by atoms with Crippen molar-refractivity contribution in [3.05, 3.63) is 47.9 Å². The van der Waals surface area contributed by atoms with Crippen molar-refractivity contribution >= 4 is 11.7 Å². The number of hydrogen-bond acceptors (Lipinski definition) is 4. The number of carboxylic acids is 1. The van der Waals surface area contributed by atoms with Crippen LogP contribution in [0.1, 0.15) is 23.0 Å². The van der Waals surface area contributed by atoms with Crippen LogP contribution in [0.5, 0.6) is 5.75 Å².